The van der Waals surface area contributed by atoms with Crippen molar-refractivity contribution in [1.29, 1.82) is 0 Å². The van der Waals surface area contributed by atoms with Gasteiger partial charge in [-0.25, -0.2) is 4.72 Å². The van der Waals surface area contributed by atoms with Gasteiger partial charge in [-0.2, -0.15) is 8.42 Å². The van der Waals surface area contributed by atoms with Gasteiger partial charge >= 0.3 is 10.3 Å². The van der Waals surface area contributed by atoms with Crippen LogP contribution in [0.25, 0.3) is 0 Å². The van der Waals surface area contributed by atoms with E-state index in [1.807, 2.05) is 6.92 Å². The molecule has 0 spiro atoms. The Morgan fingerprint density at radius 2 is 2.07 bits per heavy atom. The lowest BCUT2D eigenvalue weighted by molar-refractivity contribution is -0.121. The summed E-state index contributed by atoms with van der Waals surface area (Å²) in [4.78, 5) is 11.2. The first-order valence-corrected chi connectivity index (χ1v) is 5.62. The van der Waals surface area contributed by atoms with E-state index in [-0.39, 0.29) is 5.92 Å². The van der Waals surface area contributed by atoms with Crippen LogP contribution in [-0.4, -0.2) is 27.5 Å². The summed E-state index contributed by atoms with van der Waals surface area (Å²) in [5.41, 5.74) is 5.50. The number of nitrogens with two attached hydrogens (primary N) is 1. The lowest BCUT2D eigenvalue weighted by atomic mass is 10.00. The molecule has 0 saturated carbocycles. The Morgan fingerprint density at radius 3 is 2.43 bits per heavy atom. The van der Waals surface area contributed by atoms with Crippen LogP contribution in [0.5, 0.6) is 0 Å². The summed E-state index contributed by atoms with van der Waals surface area (Å²) in [7, 11) is -3.02. The quantitative estimate of drug-likeness (QED) is 0.647. The molecule has 7 heteroatoms. The highest BCUT2D eigenvalue weighted by molar-refractivity contribution is 7.85. The molecular weight excluding hydrogens is 208 g/mol. The molecule has 0 bridgehead atoms. The summed E-state index contributed by atoms with van der Waals surface area (Å²) in [6.07, 6.45) is 0.696. The fourth-order valence-electron chi connectivity index (χ4n) is 0.745. The molecular formula is C7H16N2O4S. The Morgan fingerprint density at radius 1 is 1.57 bits per heavy atom. The Kier molecular flexibility index (Phi) is 5.03. The minimum absolute atomic E-state index is 0.0814. The van der Waals surface area contributed by atoms with Crippen molar-refractivity contribution in [2.45, 2.75) is 26.3 Å². The van der Waals surface area contributed by atoms with Crippen molar-refractivity contribution in [3.63, 3.8) is 0 Å². The predicted molar refractivity (Wildman–Crippen MR) is 51.5 cm³/mol. The number of hydrogen-bond donors (Lipinski definition) is 2. The Balaban J connectivity index is 4.36. The average Bonchev–Trinajstić information content (AvgIpc) is 2.14. The Labute approximate surface area is 84.1 Å². The number of amides is 1. The second-order valence-corrected chi connectivity index (χ2v) is 4.44. The number of rotatable bonds is 5. The third kappa shape index (κ3) is 4.03. The molecule has 0 aromatic rings. The molecule has 0 radical (unpaired) electrons. The van der Waals surface area contributed by atoms with Gasteiger partial charge in [-0.3, -0.25) is 8.98 Å². The van der Waals surface area contributed by atoms with Gasteiger partial charge in [0.1, 0.15) is 0 Å². The molecule has 0 rings (SSSR count). The van der Waals surface area contributed by atoms with E-state index in [1.165, 1.54) is 0 Å². The number of nitrogens with one attached hydrogen (secondary N) is 1. The third-order valence-electron chi connectivity index (χ3n) is 2.00. The fourth-order valence-corrected chi connectivity index (χ4v) is 1.21. The van der Waals surface area contributed by atoms with Gasteiger partial charge < -0.3 is 5.73 Å². The molecule has 0 aromatic heterocycles. The largest absolute Gasteiger partial charge is 0.361 e. The summed E-state index contributed by atoms with van der Waals surface area (Å²) in [6.45, 7) is 3.63. The van der Waals surface area contributed by atoms with E-state index in [4.69, 9.17) is 5.73 Å². The highest BCUT2D eigenvalue weighted by Gasteiger charge is 2.23. The van der Waals surface area contributed by atoms with Crippen LogP contribution in [0.4, 0.5) is 0 Å². The van der Waals surface area contributed by atoms with Gasteiger partial charge in [0.25, 0.3) is 5.91 Å². The summed E-state index contributed by atoms with van der Waals surface area (Å²) in [5, 5.41) is 0. The summed E-state index contributed by atoms with van der Waals surface area (Å²) in [5.74, 6) is -0.830. The van der Waals surface area contributed by atoms with Crippen LogP contribution >= 0.6 is 0 Å². The molecule has 3 N–H and O–H groups in total. The van der Waals surface area contributed by atoms with E-state index in [0.29, 0.717) is 6.42 Å². The zero-order valence-corrected chi connectivity index (χ0v) is 9.30. The molecule has 0 heterocycles. The van der Waals surface area contributed by atoms with Crippen molar-refractivity contribution >= 4 is 16.2 Å². The maximum Gasteiger partial charge on any atom is 0.361 e. The molecule has 0 aliphatic rings. The van der Waals surface area contributed by atoms with E-state index < -0.39 is 22.3 Å². The lowest BCUT2D eigenvalue weighted by Crippen LogP contribution is -2.46. The molecule has 0 fully saturated rings. The smallest absolute Gasteiger partial charge is 0.320 e. The van der Waals surface area contributed by atoms with Crippen LogP contribution in [0.15, 0.2) is 0 Å². The summed E-state index contributed by atoms with van der Waals surface area (Å²) < 4.78 is 27.4. The van der Waals surface area contributed by atoms with Gasteiger partial charge in [0.2, 0.25) is 0 Å². The van der Waals surface area contributed by atoms with Gasteiger partial charge in [0.15, 0.2) is 0 Å². The molecule has 1 amide bonds. The van der Waals surface area contributed by atoms with Crippen molar-refractivity contribution in [2.75, 3.05) is 7.11 Å². The molecule has 0 unspecified atom stereocenters. The van der Waals surface area contributed by atoms with Crippen molar-refractivity contribution < 1.29 is 17.4 Å². The highest BCUT2D eigenvalue weighted by Crippen LogP contribution is 2.05. The molecule has 0 aromatic carbocycles. The standard InChI is InChI=1S/C7H16N2O4S/c1-4-5(2)6(8)7(10)9-14(11,12)13-3/h5-6H,4,8H2,1-3H3,(H,9,10)/t5-,6-/m1/s1. The van der Waals surface area contributed by atoms with E-state index in [2.05, 4.69) is 4.18 Å². The molecule has 14 heavy (non-hydrogen) atoms. The Hall–Kier alpha value is -0.660. The van der Waals surface area contributed by atoms with Crippen molar-refractivity contribution in [1.82, 2.24) is 4.72 Å². The first-order chi connectivity index (χ1) is 6.34. The van der Waals surface area contributed by atoms with Crippen LogP contribution in [0.2, 0.25) is 0 Å². The minimum atomic E-state index is -3.99. The van der Waals surface area contributed by atoms with E-state index in [9.17, 15) is 13.2 Å². The molecule has 0 aliphatic heterocycles. The molecule has 0 aliphatic carbocycles. The normalized spacial score (nSPS) is 16.0. The topological polar surface area (TPSA) is 98.5 Å². The first kappa shape index (κ1) is 13.3. The second-order valence-electron chi connectivity index (χ2n) is 3.00. The first-order valence-electron chi connectivity index (χ1n) is 4.21. The SMILES string of the molecule is CC[C@@H](C)[C@@H](N)C(=O)NS(=O)(=O)OC. The summed E-state index contributed by atoms with van der Waals surface area (Å²) in [6, 6.07) is -0.843. The monoisotopic (exact) mass is 224 g/mol. The third-order valence-corrected chi connectivity index (χ3v) is 2.89. The molecule has 6 nitrogen and oxygen atoms in total. The van der Waals surface area contributed by atoms with Gasteiger partial charge in [0.05, 0.1) is 13.2 Å². The molecule has 2 atom stereocenters. The molecule has 84 valence electrons. The van der Waals surface area contributed by atoms with E-state index in [0.717, 1.165) is 7.11 Å². The Bertz CT molecular complexity index is 288. The van der Waals surface area contributed by atoms with Gasteiger partial charge in [0, 0.05) is 0 Å². The molecule has 0 saturated heterocycles. The zero-order valence-electron chi connectivity index (χ0n) is 8.48. The second kappa shape index (κ2) is 5.28. The van der Waals surface area contributed by atoms with Crippen LogP contribution in [-0.2, 0) is 19.3 Å². The van der Waals surface area contributed by atoms with Crippen LogP contribution in [0.1, 0.15) is 20.3 Å². The zero-order chi connectivity index (χ0) is 11.4. The van der Waals surface area contributed by atoms with Gasteiger partial charge in [-0.05, 0) is 5.92 Å². The van der Waals surface area contributed by atoms with Gasteiger partial charge in [-0.1, -0.05) is 20.3 Å². The van der Waals surface area contributed by atoms with E-state index in [1.54, 1.807) is 11.6 Å². The van der Waals surface area contributed by atoms with Crippen molar-refractivity contribution in [3.05, 3.63) is 0 Å². The van der Waals surface area contributed by atoms with Crippen molar-refractivity contribution in [3.8, 4) is 0 Å². The highest BCUT2D eigenvalue weighted by atomic mass is 32.2. The summed E-state index contributed by atoms with van der Waals surface area (Å²) >= 11 is 0. The number of carbonyl (C=O) groups is 1. The maximum absolute atomic E-state index is 11.2. The average molecular weight is 224 g/mol. The number of carbonyl (C=O) groups excluding carboxylic acids is 1. The van der Waals surface area contributed by atoms with Crippen LogP contribution in [0.3, 0.4) is 0 Å². The maximum atomic E-state index is 11.2. The lowest BCUT2D eigenvalue weighted by Gasteiger charge is -2.16. The van der Waals surface area contributed by atoms with Gasteiger partial charge in [-0.15, -0.1) is 0 Å². The minimum Gasteiger partial charge on any atom is -0.320 e. The number of hydrogen-bond acceptors (Lipinski definition) is 5. The van der Waals surface area contributed by atoms with Crippen molar-refractivity contribution in [2.24, 2.45) is 11.7 Å². The van der Waals surface area contributed by atoms with Crippen LogP contribution < -0.4 is 10.5 Å². The fraction of sp³-hybridized carbons (Fsp3) is 0.857. The predicted octanol–water partition coefficient (Wildman–Crippen LogP) is -0.633. The van der Waals surface area contributed by atoms with E-state index >= 15 is 0 Å². The van der Waals surface area contributed by atoms with Crippen LogP contribution in [0, 0.1) is 5.92 Å².